The van der Waals surface area contributed by atoms with Gasteiger partial charge in [-0.25, -0.2) is 0 Å². The van der Waals surface area contributed by atoms with Crippen molar-refractivity contribution < 1.29 is 4.79 Å². The van der Waals surface area contributed by atoms with Crippen molar-refractivity contribution in [1.82, 2.24) is 4.90 Å². The van der Waals surface area contributed by atoms with Crippen LogP contribution in [0.4, 0.5) is 0 Å². The van der Waals surface area contributed by atoms with Crippen LogP contribution in [-0.4, -0.2) is 23.9 Å². The zero-order chi connectivity index (χ0) is 12.5. The first-order chi connectivity index (χ1) is 7.98. The van der Waals surface area contributed by atoms with E-state index in [9.17, 15) is 4.79 Å². The van der Waals surface area contributed by atoms with Gasteiger partial charge in [-0.3, -0.25) is 4.79 Å². The number of amides is 1. The third-order valence-corrected chi connectivity index (χ3v) is 3.75. The van der Waals surface area contributed by atoms with Gasteiger partial charge in [-0.1, -0.05) is 25.4 Å². The number of likely N-dealkylation sites (tertiary alicyclic amines) is 1. The van der Waals surface area contributed by atoms with Gasteiger partial charge in [0.2, 0.25) is 0 Å². The van der Waals surface area contributed by atoms with Gasteiger partial charge in [-0.05, 0) is 42.5 Å². The molecule has 1 aliphatic heterocycles. The van der Waals surface area contributed by atoms with Gasteiger partial charge >= 0.3 is 0 Å². The number of benzene rings is 1. The van der Waals surface area contributed by atoms with Gasteiger partial charge in [-0.2, -0.15) is 0 Å². The maximum atomic E-state index is 12.2. The van der Waals surface area contributed by atoms with Crippen LogP contribution in [0.5, 0.6) is 0 Å². The first kappa shape index (κ1) is 12.4. The van der Waals surface area contributed by atoms with Crippen LogP contribution in [0.1, 0.15) is 37.0 Å². The predicted molar refractivity (Wildman–Crippen MR) is 70.4 cm³/mol. The quantitative estimate of drug-likeness (QED) is 0.747. The molecule has 0 aliphatic carbocycles. The summed E-state index contributed by atoms with van der Waals surface area (Å²) in [5.41, 5.74) is 1.10. The third kappa shape index (κ3) is 3.01. The standard InChI is InChI=1S/C14H18ClNO/c1-14(2)7-9-16(10-8-14)13(17)11-3-5-12(15)6-4-11/h3-6H,7-10H2,1-2H3. The molecular formula is C14H18ClNO. The normalized spacial score (nSPS) is 19.1. The second-order valence-electron chi connectivity index (χ2n) is 5.46. The average Bonchev–Trinajstić information content (AvgIpc) is 2.29. The topological polar surface area (TPSA) is 20.3 Å². The van der Waals surface area contributed by atoms with E-state index in [1.165, 1.54) is 0 Å². The number of carbonyl (C=O) groups is 1. The highest BCUT2D eigenvalue weighted by atomic mass is 35.5. The molecule has 1 amide bonds. The van der Waals surface area contributed by atoms with E-state index in [1.807, 2.05) is 4.90 Å². The second kappa shape index (κ2) is 4.69. The summed E-state index contributed by atoms with van der Waals surface area (Å²) in [6, 6.07) is 7.13. The number of hydrogen-bond donors (Lipinski definition) is 0. The largest absolute Gasteiger partial charge is 0.339 e. The Bertz CT molecular complexity index is 401. The van der Waals surface area contributed by atoms with Crippen LogP contribution in [0, 0.1) is 5.41 Å². The molecule has 3 heteroatoms. The van der Waals surface area contributed by atoms with E-state index in [4.69, 9.17) is 11.6 Å². The minimum atomic E-state index is 0.122. The van der Waals surface area contributed by atoms with Crippen molar-refractivity contribution in [1.29, 1.82) is 0 Å². The van der Waals surface area contributed by atoms with Crippen molar-refractivity contribution in [3.05, 3.63) is 34.9 Å². The Morgan fingerprint density at radius 2 is 1.71 bits per heavy atom. The van der Waals surface area contributed by atoms with Crippen molar-refractivity contribution in [3.63, 3.8) is 0 Å². The highest BCUT2D eigenvalue weighted by Crippen LogP contribution is 2.30. The molecule has 17 heavy (non-hydrogen) atoms. The molecule has 1 saturated heterocycles. The Morgan fingerprint density at radius 1 is 1.18 bits per heavy atom. The summed E-state index contributed by atoms with van der Waals surface area (Å²) in [6.07, 6.45) is 2.15. The Hall–Kier alpha value is -1.02. The first-order valence-electron chi connectivity index (χ1n) is 6.03. The van der Waals surface area contributed by atoms with Crippen molar-refractivity contribution >= 4 is 17.5 Å². The third-order valence-electron chi connectivity index (χ3n) is 3.50. The van der Waals surface area contributed by atoms with Crippen LogP contribution in [-0.2, 0) is 0 Å². The van der Waals surface area contributed by atoms with E-state index >= 15 is 0 Å². The molecule has 0 atom stereocenters. The summed E-state index contributed by atoms with van der Waals surface area (Å²) in [4.78, 5) is 14.1. The van der Waals surface area contributed by atoms with E-state index in [-0.39, 0.29) is 5.91 Å². The minimum absolute atomic E-state index is 0.122. The van der Waals surface area contributed by atoms with Crippen molar-refractivity contribution in [2.24, 2.45) is 5.41 Å². The van der Waals surface area contributed by atoms with Crippen molar-refractivity contribution in [2.75, 3.05) is 13.1 Å². The van der Waals surface area contributed by atoms with Gasteiger partial charge in [0.15, 0.2) is 0 Å². The second-order valence-corrected chi connectivity index (χ2v) is 5.90. The molecular weight excluding hydrogens is 234 g/mol. The van der Waals surface area contributed by atoms with Crippen LogP contribution in [0.15, 0.2) is 24.3 Å². The number of carbonyl (C=O) groups excluding carboxylic acids is 1. The van der Waals surface area contributed by atoms with Gasteiger partial charge in [0.05, 0.1) is 0 Å². The summed E-state index contributed by atoms with van der Waals surface area (Å²) in [7, 11) is 0. The summed E-state index contributed by atoms with van der Waals surface area (Å²) in [5, 5.41) is 0.668. The Morgan fingerprint density at radius 3 is 2.24 bits per heavy atom. The van der Waals surface area contributed by atoms with Crippen LogP contribution in [0.3, 0.4) is 0 Å². The van der Waals surface area contributed by atoms with E-state index < -0.39 is 0 Å². The van der Waals surface area contributed by atoms with Crippen molar-refractivity contribution in [2.45, 2.75) is 26.7 Å². The average molecular weight is 252 g/mol. The van der Waals surface area contributed by atoms with Crippen LogP contribution >= 0.6 is 11.6 Å². The van der Waals surface area contributed by atoms with E-state index in [2.05, 4.69) is 13.8 Å². The van der Waals surface area contributed by atoms with Gasteiger partial charge in [0, 0.05) is 23.7 Å². The molecule has 92 valence electrons. The molecule has 1 fully saturated rings. The zero-order valence-corrected chi connectivity index (χ0v) is 11.1. The first-order valence-corrected chi connectivity index (χ1v) is 6.41. The number of piperidine rings is 1. The molecule has 0 aromatic heterocycles. The number of halogens is 1. The van der Waals surface area contributed by atoms with E-state index in [0.717, 1.165) is 31.5 Å². The van der Waals surface area contributed by atoms with Crippen LogP contribution < -0.4 is 0 Å². The monoisotopic (exact) mass is 251 g/mol. The summed E-state index contributed by atoms with van der Waals surface area (Å²) in [6.45, 7) is 6.23. The summed E-state index contributed by atoms with van der Waals surface area (Å²) < 4.78 is 0. The fourth-order valence-electron chi connectivity index (χ4n) is 2.09. The van der Waals surface area contributed by atoms with Crippen LogP contribution in [0.25, 0.3) is 0 Å². The Balaban J connectivity index is 2.04. The molecule has 1 aromatic carbocycles. The lowest BCUT2D eigenvalue weighted by Crippen LogP contribution is -2.41. The summed E-state index contributed by atoms with van der Waals surface area (Å²) >= 11 is 5.81. The van der Waals surface area contributed by atoms with E-state index in [1.54, 1.807) is 24.3 Å². The lowest BCUT2D eigenvalue weighted by Gasteiger charge is -2.36. The van der Waals surface area contributed by atoms with E-state index in [0.29, 0.717) is 10.4 Å². The maximum Gasteiger partial charge on any atom is 0.253 e. The SMILES string of the molecule is CC1(C)CCN(C(=O)c2ccc(Cl)cc2)CC1. The molecule has 0 radical (unpaired) electrons. The zero-order valence-electron chi connectivity index (χ0n) is 10.4. The lowest BCUT2D eigenvalue weighted by atomic mass is 9.82. The Kier molecular flexibility index (Phi) is 3.43. The smallest absolute Gasteiger partial charge is 0.253 e. The molecule has 0 spiro atoms. The molecule has 2 rings (SSSR count). The van der Waals surface area contributed by atoms with Gasteiger partial charge in [0.25, 0.3) is 5.91 Å². The number of rotatable bonds is 1. The highest BCUT2D eigenvalue weighted by Gasteiger charge is 2.28. The Labute approximate surface area is 108 Å². The minimum Gasteiger partial charge on any atom is -0.339 e. The molecule has 0 saturated carbocycles. The number of hydrogen-bond acceptors (Lipinski definition) is 1. The lowest BCUT2D eigenvalue weighted by molar-refractivity contribution is 0.0630. The van der Waals surface area contributed by atoms with Gasteiger partial charge in [-0.15, -0.1) is 0 Å². The molecule has 0 N–H and O–H groups in total. The highest BCUT2D eigenvalue weighted by molar-refractivity contribution is 6.30. The molecule has 1 aliphatic rings. The summed E-state index contributed by atoms with van der Waals surface area (Å²) in [5.74, 6) is 0.122. The fourth-order valence-corrected chi connectivity index (χ4v) is 2.22. The molecule has 1 heterocycles. The molecule has 1 aromatic rings. The van der Waals surface area contributed by atoms with Crippen LogP contribution in [0.2, 0.25) is 5.02 Å². The molecule has 0 unspecified atom stereocenters. The van der Waals surface area contributed by atoms with Gasteiger partial charge < -0.3 is 4.90 Å². The van der Waals surface area contributed by atoms with Crippen molar-refractivity contribution in [3.8, 4) is 0 Å². The number of nitrogens with zero attached hydrogens (tertiary/aromatic N) is 1. The molecule has 2 nitrogen and oxygen atoms in total. The maximum absolute atomic E-state index is 12.2. The molecule has 0 bridgehead atoms. The fraction of sp³-hybridized carbons (Fsp3) is 0.500. The predicted octanol–water partition coefficient (Wildman–Crippen LogP) is 3.60. The van der Waals surface area contributed by atoms with Gasteiger partial charge in [0.1, 0.15) is 0 Å².